The summed E-state index contributed by atoms with van der Waals surface area (Å²) in [5, 5.41) is 0.467. The van der Waals surface area contributed by atoms with Gasteiger partial charge < -0.3 is 18.8 Å². The van der Waals surface area contributed by atoms with E-state index in [1.165, 1.54) is 4.90 Å². The summed E-state index contributed by atoms with van der Waals surface area (Å²) in [5.74, 6) is 0.838. The van der Waals surface area contributed by atoms with E-state index >= 15 is 0 Å². The molecule has 0 aliphatic carbocycles. The highest BCUT2D eigenvalue weighted by molar-refractivity contribution is 5.98. The highest BCUT2D eigenvalue weighted by atomic mass is 16.5. The second kappa shape index (κ2) is 7.13. The van der Waals surface area contributed by atoms with E-state index in [1.54, 1.807) is 44.5 Å². The first-order valence-electron chi connectivity index (χ1n) is 9.22. The number of benzene rings is 2. The Balaban J connectivity index is 1.90. The second-order valence-electron chi connectivity index (χ2n) is 7.00. The maximum absolute atomic E-state index is 13.3. The van der Waals surface area contributed by atoms with Crippen LogP contribution >= 0.6 is 0 Å². The van der Waals surface area contributed by atoms with Crippen LogP contribution in [0.1, 0.15) is 33.3 Å². The molecule has 0 radical (unpaired) electrons. The average Bonchev–Trinajstić information content (AvgIpc) is 2.98. The Morgan fingerprint density at radius 1 is 1.17 bits per heavy atom. The number of aryl methyl sites for hydroxylation is 1. The molecule has 6 heteroatoms. The van der Waals surface area contributed by atoms with E-state index in [1.807, 2.05) is 19.1 Å². The second-order valence-corrected chi connectivity index (χ2v) is 7.00. The van der Waals surface area contributed by atoms with Crippen molar-refractivity contribution in [3.8, 4) is 11.5 Å². The average molecular weight is 391 g/mol. The predicted octanol–water partition coefficient (Wildman–Crippen LogP) is 3.85. The van der Waals surface area contributed by atoms with Gasteiger partial charge in [0, 0.05) is 7.05 Å². The van der Waals surface area contributed by atoms with Crippen molar-refractivity contribution >= 4 is 16.9 Å². The van der Waals surface area contributed by atoms with Crippen LogP contribution in [0.2, 0.25) is 0 Å². The molecule has 29 heavy (non-hydrogen) atoms. The van der Waals surface area contributed by atoms with E-state index in [4.69, 9.17) is 13.9 Å². The summed E-state index contributed by atoms with van der Waals surface area (Å²) in [7, 11) is 3.20. The number of carbonyl (C=O) groups is 1. The van der Waals surface area contributed by atoms with Gasteiger partial charge in [0.1, 0.15) is 12.2 Å². The van der Waals surface area contributed by atoms with E-state index in [9.17, 15) is 9.59 Å². The van der Waals surface area contributed by atoms with Crippen molar-refractivity contribution in [1.29, 1.82) is 0 Å². The molecule has 1 aliphatic rings. The Hall–Kier alpha value is -3.54. The van der Waals surface area contributed by atoms with Crippen LogP contribution in [0.4, 0.5) is 0 Å². The lowest BCUT2D eigenvalue weighted by Gasteiger charge is -2.21. The van der Waals surface area contributed by atoms with Crippen molar-refractivity contribution < 1.29 is 18.7 Å². The van der Waals surface area contributed by atoms with Crippen LogP contribution < -0.4 is 14.9 Å². The molecule has 1 atom stereocenters. The van der Waals surface area contributed by atoms with Crippen LogP contribution in [0.3, 0.4) is 0 Å². The quantitative estimate of drug-likeness (QED) is 0.618. The first-order valence-corrected chi connectivity index (χ1v) is 9.22. The smallest absolute Gasteiger partial charge is 0.290 e. The van der Waals surface area contributed by atoms with Crippen molar-refractivity contribution in [2.24, 2.45) is 0 Å². The normalized spacial score (nSPS) is 15.5. The first-order chi connectivity index (χ1) is 14.0. The van der Waals surface area contributed by atoms with Gasteiger partial charge in [-0.1, -0.05) is 30.4 Å². The molecule has 148 valence electrons. The molecule has 0 saturated heterocycles. The van der Waals surface area contributed by atoms with Gasteiger partial charge >= 0.3 is 0 Å². The van der Waals surface area contributed by atoms with Gasteiger partial charge in [-0.3, -0.25) is 9.59 Å². The van der Waals surface area contributed by atoms with Crippen LogP contribution in [-0.4, -0.2) is 31.6 Å². The number of hydrogen-bond acceptors (Lipinski definition) is 5. The molecule has 0 spiro atoms. The van der Waals surface area contributed by atoms with Gasteiger partial charge in [-0.05, 0) is 36.8 Å². The van der Waals surface area contributed by atoms with E-state index in [0.29, 0.717) is 34.6 Å². The molecular weight excluding hydrogens is 370 g/mol. The molecule has 2 aromatic carbocycles. The first kappa shape index (κ1) is 18.8. The third-order valence-electron chi connectivity index (χ3n) is 5.12. The number of methoxy groups -OCH3 is 1. The topological polar surface area (TPSA) is 69.0 Å². The zero-order valence-electron chi connectivity index (χ0n) is 16.5. The summed E-state index contributed by atoms with van der Waals surface area (Å²) in [6.07, 6.45) is 1.64. The highest BCUT2D eigenvalue weighted by Gasteiger charge is 2.41. The van der Waals surface area contributed by atoms with Crippen LogP contribution in [0, 0.1) is 6.92 Å². The fourth-order valence-electron chi connectivity index (χ4n) is 3.71. The van der Waals surface area contributed by atoms with Crippen molar-refractivity contribution in [2.75, 3.05) is 20.8 Å². The number of ether oxygens (including phenoxy) is 2. The fraction of sp³-hybridized carbons (Fsp3) is 0.217. The molecule has 1 amide bonds. The van der Waals surface area contributed by atoms with Gasteiger partial charge in [-0.2, -0.15) is 0 Å². The monoisotopic (exact) mass is 391 g/mol. The van der Waals surface area contributed by atoms with Crippen molar-refractivity contribution in [3.05, 3.63) is 81.7 Å². The van der Waals surface area contributed by atoms with Crippen LogP contribution in [0.5, 0.6) is 11.5 Å². The number of carbonyl (C=O) groups excluding carboxylic acids is 1. The predicted molar refractivity (Wildman–Crippen MR) is 110 cm³/mol. The zero-order valence-corrected chi connectivity index (χ0v) is 16.5. The zero-order chi connectivity index (χ0) is 20.7. The van der Waals surface area contributed by atoms with Crippen LogP contribution in [0.15, 0.2) is 58.3 Å². The van der Waals surface area contributed by atoms with Crippen molar-refractivity contribution in [2.45, 2.75) is 13.0 Å². The van der Waals surface area contributed by atoms with Gasteiger partial charge in [0.15, 0.2) is 16.9 Å². The van der Waals surface area contributed by atoms with Gasteiger partial charge in [0.2, 0.25) is 5.76 Å². The molecule has 3 aromatic rings. The van der Waals surface area contributed by atoms with Crippen LogP contribution in [0.25, 0.3) is 11.0 Å². The third kappa shape index (κ3) is 2.97. The minimum absolute atomic E-state index is 0.0878. The summed E-state index contributed by atoms with van der Waals surface area (Å²) in [4.78, 5) is 27.7. The maximum Gasteiger partial charge on any atom is 0.290 e. The molecule has 4 rings (SSSR count). The molecule has 0 unspecified atom stereocenters. The van der Waals surface area contributed by atoms with Gasteiger partial charge in [-0.25, -0.2) is 0 Å². The summed E-state index contributed by atoms with van der Waals surface area (Å²) < 4.78 is 16.9. The lowest BCUT2D eigenvalue weighted by atomic mass is 9.98. The SMILES string of the molecule is C=CCOc1ccc([C@@H]2c3c(oc4ccc(C)cc4c3=O)C(=O)N2C)cc1OC. The Morgan fingerprint density at radius 2 is 1.97 bits per heavy atom. The Bertz CT molecular complexity index is 1190. The molecule has 0 bridgehead atoms. The minimum Gasteiger partial charge on any atom is -0.493 e. The molecular formula is C23H21NO5. The van der Waals surface area contributed by atoms with E-state index in [2.05, 4.69) is 6.58 Å². The standard InChI is InChI=1S/C23H21NO5/c1-5-10-28-17-9-7-14(12-18(17)27-4)20-19-21(25)15-11-13(2)6-8-16(15)29-22(19)23(26)24(20)3/h5-9,11-12,20H,1,10H2,2-4H3/t20-/m1/s1. The van der Waals surface area contributed by atoms with E-state index in [0.717, 1.165) is 11.1 Å². The largest absolute Gasteiger partial charge is 0.493 e. The molecule has 2 heterocycles. The van der Waals surface area contributed by atoms with Crippen molar-refractivity contribution in [1.82, 2.24) is 4.90 Å². The fourth-order valence-corrected chi connectivity index (χ4v) is 3.71. The lowest BCUT2D eigenvalue weighted by molar-refractivity contribution is 0.0771. The van der Waals surface area contributed by atoms with Crippen molar-refractivity contribution in [3.63, 3.8) is 0 Å². The number of nitrogens with zero attached hydrogens (tertiary/aromatic N) is 1. The molecule has 0 saturated carbocycles. The third-order valence-corrected chi connectivity index (χ3v) is 5.12. The minimum atomic E-state index is -0.569. The summed E-state index contributed by atoms with van der Waals surface area (Å²) in [6, 6.07) is 10.2. The Kier molecular flexibility index (Phi) is 4.62. The Morgan fingerprint density at radius 3 is 2.69 bits per heavy atom. The van der Waals surface area contributed by atoms with E-state index in [-0.39, 0.29) is 17.1 Å². The number of rotatable bonds is 5. The molecule has 1 aromatic heterocycles. The van der Waals surface area contributed by atoms with Gasteiger partial charge in [0.25, 0.3) is 5.91 Å². The number of hydrogen-bond donors (Lipinski definition) is 0. The maximum atomic E-state index is 13.3. The van der Waals surface area contributed by atoms with Crippen LogP contribution in [-0.2, 0) is 0 Å². The molecule has 0 N–H and O–H groups in total. The summed E-state index contributed by atoms with van der Waals surface area (Å²) in [6.45, 7) is 5.89. The number of amides is 1. The number of fused-ring (bicyclic) bond motifs is 2. The molecule has 1 aliphatic heterocycles. The molecule has 0 fully saturated rings. The highest BCUT2D eigenvalue weighted by Crippen LogP contribution is 2.40. The summed E-state index contributed by atoms with van der Waals surface area (Å²) in [5.41, 5.74) is 2.24. The van der Waals surface area contributed by atoms with E-state index < -0.39 is 6.04 Å². The Labute approximate surface area is 168 Å². The van der Waals surface area contributed by atoms with Gasteiger partial charge in [-0.15, -0.1) is 0 Å². The lowest BCUT2D eigenvalue weighted by Crippen LogP contribution is -2.25. The summed E-state index contributed by atoms with van der Waals surface area (Å²) >= 11 is 0. The van der Waals surface area contributed by atoms with Gasteiger partial charge in [0.05, 0.1) is 24.1 Å². The molecule has 6 nitrogen and oxygen atoms in total.